The van der Waals surface area contributed by atoms with Crippen LogP contribution in [0.3, 0.4) is 0 Å². The number of rotatable bonds is 9. The summed E-state index contributed by atoms with van der Waals surface area (Å²) in [6.45, 7) is 20.4. The first kappa shape index (κ1) is 43.8. The highest BCUT2D eigenvalue weighted by Crippen LogP contribution is 2.28. The summed E-state index contributed by atoms with van der Waals surface area (Å²) < 4.78 is 17.6. The Morgan fingerprint density at radius 2 is 0.857 bits per heavy atom. The summed E-state index contributed by atoms with van der Waals surface area (Å²) in [5.74, 6) is -7.26. The van der Waals surface area contributed by atoms with Gasteiger partial charge in [0.15, 0.2) is 12.2 Å². The molecule has 1 aliphatic heterocycles. The topological polar surface area (TPSA) is 160 Å². The average molecular weight is 698 g/mol. The van der Waals surface area contributed by atoms with Crippen molar-refractivity contribution >= 4 is 35.6 Å². The summed E-state index contributed by atoms with van der Waals surface area (Å²) in [4.78, 5) is 87.7. The van der Waals surface area contributed by atoms with Crippen LogP contribution in [0.25, 0.3) is 0 Å². The Kier molecular flexibility index (Phi) is 16.2. The van der Waals surface area contributed by atoms with Crippen LogP contribution in [-0.2, 0) is 43.0 Å². The fourth-order valence-corrected chi connectivity index (χ4v) is 6.08. The molecule has 0 aliphatic carbocycles. The highest BCUT2D eigenvalue weighted by atomic mass is 16.6. The largest absolute Gasteiger partial charge is 0.450 e. The molecule has 13 nitrogen and oxygen atoms in total. The maximum Gasteiger partial charge on any atom is 0.330 e. The van der Waals surface area contributed by atoms with E-state index in [1.54, 1.807) is 62.3 Å². The van der Waals surface area contributed by atoms with Gasteiger partial charge in [0.05, 0.1) is 0 Å². The number of amides is 3. The van der Waals surface area contributed by atoms with Gasteiger partial charge >= 0.3 is 17.9 Å². The minimum absolute atomic E-state index is 0.00240. The van der Waals surface area contributed by atoms with Gasteiger partial charge in [-0.05, 0) is 43.9 Å². The van der Waals surface area contributed by atoms with E-state index in [9.17, 15) is 33.9 Å². The number of cyclic esters (lactones) is 3. The predicted octanol–water partition coefficient (Wildman–Crippen LogP) is 3.44. The summed E-state index contributed by atoms with van der Waals surface area (Å²) in [5.41, 5.74) is -1.87. The zero-order valence-corrected chi connectivity index (χ0v) is 32.4. The lowest BCUT2D eigenvalue weighted by atomic mass is 9.92. The second-order valence-corrected chi connectivity index (χ2v) is 14.9. The molecule has 0 spiro atoms. The summed E-state index contributed by atoms with van der Waals surface area (Å²) in [6, 6.07) is -3.62. The van der Waals surface area contributed by atoms with Crippen LogP contribution in [0, 0.1) is 29.6 Å². The van der Waals surface area contributed by atoms with Crippen molar-refractivity contribution in [3.05, 3.63) is 0 Å². The minimum Gasteiger partial charge on any atom is -0.450 e. The van der Waals surface area contributed by atoms with E-state index >= 15 is 0 Å². The van der Waals surface area contributed by atoms with E-state index in [4.69, 9.17) is 14.2 Å². The molecule has 1 heterocycles. The van der Waals surface area contributed by atoms with Crippen LogP contribution in [0.4, 0.5) is 0 Å². The SMILES string of the molecule is CC[C@H](C)[C@H]1OC(=O)[C@H](C(C)C)N(C)C(=O)[C@@H]([C@@H](C)CC)OC(=O)[C@H](C(C)C)N(C)C(=O)[C@@H]([C@](C)(O)CC)OC(=O)[C@H](C(C)C)N(C)C1=O. The van der Waals surface area contributed by atoms with Crippen molar-refractivity contribution in [3.63, 3.8) is 0 Å². The molecule has 0 aromatic heterocycles. The van der Waals surface area contributed by atoms with Gasteiger partial charge < -0.3 is 34.0 Å². The number of likely N-dealkylation sites (N-methyl/N-ethyl adjacent to an activating group) is 3. The van der Waals surface area contributed by atoms with Gasteiger partial charge in [-0.2, -0.15) is 0 Å². The Labute approximate surface area is 293 Å². The van der Waals surface area contributed by atoms with E-state index in [-0.39, 0.29) is 6.42 Å². The molecule has 282 valence electrons. The van der Waals surface area contributed by atoms with Gasteiger partial charge in [0.1, 0.15) is 23.7 Å². The number of carbonyl (C=O) groups excluding carboxylic acids is 6. The van der Waals surface area contributed by atoms with E-state index in [0.29, 0.717) is 12.8 Å². The van der Waals surface area contributed by atoms with Gasteiger partial charge in [0.2, 0.25) is 6.10 Å². The molecular weight excluding hydrogens is 634 g/mol. The summed E-state index contributed by atoms with van der Waals surface area (Å²) in [7, 11) is 4.18. The lowest BCUT2D eigenvalue weighted by molar-refractivity contribution is -0.189. The summed E-state index contributed by atoms with van der Waals surface area (Å²) in [5, 5.41) is 11.4. The van der Waals surface area contributed by atoms with Crippen molar-refractivity contribution in [2.45, 2.75) is 144 Å². The second-order valence-electron chi connectivity index (χ2n) is 14.9. The van der Waals surface area contributed by atoms with E-state index in [1.165, 1.54) is 33.0 Å². The van der Waals surface area contributed by atoms with Crippen LogP contribution in [0.15, 0.2) is 0 Å². The maximum atomic E-state index is 14.2. The Balaban J connectivity index is 4.10. The molecule has 3 amide bonds. The quantitative estimate of drug-likeness (QED) is 0.279. The third-order valence-corrected chi connectivity index (χ3v) is 9.95. The Morgan fingerprint density at radius 1 is 0.571 bits per heavy atom. The van der Waals surface area contributed by atoms with Crippen molar-refractivity contribution in [2.75, 3.05) is 21.1 Å². The van der Waals surface area contributed by atoms with Gasteiger partial charge in [-0.1, -0.05) is 76.2 Å². The number of aliphatic hydroxyl groups is 1. The lowest BCUT2D eigenvalue weighted by Crippen LogP contribution is -2.60. The van der Waals surface area contributed by atoms with Crippen molar-refractivity contribution in [1.29, 1.82) is 0 Å². The number of esters is 3. The molecule has 1 fully saturated rings. The highest BCUT2D eigenvalue weighted by molar-refractivity contribution is 5.94. The third kappa shape index (κ3) is 10.2. The van der Waals surface area contributed by atoms with Gasteiger partial charge in [-0.15, -0.1) is 0 Å². The van der Waals surface area contributed by atoms with E-state index in [1.807, 2.05) is 13.8 Å². The van der Waals surface area contributed by atoms with Crippen LogP contribution >= 0.6 is 0 Å². The Morgan fingerprint density at radius 3 is 1.12 bits per heavy atom. The molecule has 13 heteroatoms. The molecule has 9 atom stereocenters. The smallest absolute Gasteiger partial charge is 0.330 e. The van der Waals surface area contributed by atoms with Crippen molar-refractivity contribution in [3.8, 4) is 0 Å². The summed E-state index contributed by atoms with van der Waals surface area (Å²) >= 11 is 0. The predicted molar refractivity (Wildman–Crippen MR) is 184 cm³/mol. The van der Waals surface area contributed by atoms with Gasteiger partial charge in [0, 0.05) is 33.0 Å². The fraction of sp³-hybridized carbons (Fsp3) is 0.833. The minimum atomic E-state index is -1.87. The summed E-state index contributed by atoms with van der Waals surface area (Å²) in [6.07, 6.45) is -3.51. The maximum absolute atomic E-state index is 14.2. The zero-order valence-electron chi connectivity index (χ0n) is 32.4. The number of nitrogens with zero attached hydrogens (tertiary/aromatic N) is 3. The first-order valence-electron chi connectivity index (χ1n) is 17.7. The van der Waals surface area contributed by atoms with Crippen LogP contribution in [0.2, 0.25) is 0 Å². The highest BCUT2D eigenvalue weighted by Gasteiger charge is 2.48. The van der Waals surface area contributed by atoms with Crippen molar-refractivity contribution in [1.82, 2.24) is 14.7 Å². The second kappa shape index (κ2) is 18.1. The first-order chi connectivity index (χ1) is 22.5. The average Bonchev–Trinajstić information content (AvgIpc) is 3.02. The molecule has 0 bridgehead atoms. The normalized spacial score (nSPS) is 28.6. The number of carbonyl (C=O) groups is 6. The lowest BCUT2D eigenvalue weighted by Gasteiger charge is -2.40. The molecule has 49 heavy (non-hydrogen) atoms. The molecule has 0 unspecified atom stereocenters. The fourth-order valence-electron chi connectivity index (χ4n) is 6.08. The monoisotopic (exact) mass is 697 g/mol. The molecule has 0 radical (unpaired) electrons. The molecule has 1 rings (SSSR count). The number of hydrogen-bond acceptors (Lipinski definition) is 10. The van der Waals surface area contributed by atoms with Crippen LogP contribution in [0.1, 0.15) is 102 Å². The molecule has 0 aromatic rings. The standard InChI is InChI=1S/C36H63N3O10/c1-16-22(10)27-30(40)37(13)24(19(4)5)33(43)47-28(23(11)17-2)31(41)38(14)26(21(8)9)35(45)49-29(36(12,46)18-3)32(42)39(15)25(20(6)7)34(44)48-27/h19-29,46H,16-18H2,1-15H3/t22-,23-,24-,25-,26-,27+,28+,29-,36+/m0/s1. The Bertz CT molecular complexity index is 1170. The van der Waals surface area contributed by atoms with Crippen LogP contribution in [0.5, 0.6) is 0 Å². The van der Waals surface area contributed by atoms with Gasteiger partial charge in [-0.3, -0.25) is 14.4 Å². The number of hydrogen-bond donors (Lipinski definition) is 1. The molecular formula is C36H63N3O10. The first-order valence-corrected chi connectivity index (χ1v) is 17.7. The van der Waals surface area contributed by atoms with Crippen molar-refractivity contribution < 1.29 is 48.1 Å². The molecule has 1 aliphatic rings. The molecule has 1 N–H and O–H groups in total. The van der Waals surface area contributed by atoms with Gasteiger partial charge in [0.25, 0.3) is 17.7 Å². The zero-order chi connectivity index (χ0) is 38.3. The van der Waals surface area contributed by atoms with Crippen LogP contribution in [-0.4, -0.2) is 119 Å². The van der Waals surface area contributed by atoms with Crippen molar-refractivity contribution in [2.24, 2.45) is 29.6 Å². The van der Waals surface area contributed by atoms with E-state index < -0.39 is 107 Å². The number of ether oxygens (including phenoxy) is 3. The third-order valence-electron chi connectivity index (χ3n) is 9.95. The molecule has 0 aromatic carbocycles. The van der Waals surface area contributed by atoms with E-state index in [2.05, 4.69) is 0 Å². The van der Waals surface area contributed by atoms with Crippen LogP contribution < -0.4 is 0 Å². The molecule has 1 saturated heterocycles. The Hall–Kier alpha value is -3.22. The van der Waals surface area contributed by atoms with Gasteiger partial charge in [-0.25, -0.2) is 14.4 Å². The molecule has 0 saturated carbocycles. The van der Waals surface area contributed by atoms with E-state index in [0.717, 1.165) is 9.80 Å².